The fourth-order valence-corrected chi connectivity index (χ4v) is 6.84. The number of carbonyl (C=O) groups is 1. The summed E-state index contributed by atoms with van der Waals surface area (Å²) >= 11 is 0. The molecule has 0 saturated carbocycles. The maximum atomic E-state index is 13.9. The second-order valence-electron chi connectivity index (χ2n) is 11.6. The predicted octanol–water partition coefficient (Wildman–Crippen LogP) is 6.13. The number of aromatic nitrogens is 2. The van der Waals surface area contributed by atoms with Crippen LogP contribution in [0.4, 0.5) is 14.5 Å². The lowest BCUT2D eigenvalue weighted by molar-refractivity contribution is -0.119. The van der Waals surface area contributed by atoms with Crippen LogP contribution in [-0.4, -0.2) is 23.9 Å². The van der Waals surface area contributed by atoms with E-state index in [2.05, 4.69) is 23.6 Å². The molecule has 0 fully saturated rings. The normalized spacial score (nSPS) is 16.7. The first-order valence-corrected chi connectivity index (χ1v) is 15.3. The summed E-state index contributed by atoms with van der Waals surface area (Å²) in [5, 5.41) is 0. The number of carbonyl (C=O) groups excluding carboxylic acids is 1. The van der Waals surface area contributed by atoms with Gasteiger partial charge >= 0.3 is 0 Å². The predicted molar refractivity (Wildman–Crippen MR) is 157 cm³/mol. The van der Waals surface area contributed by atoms with Crippen molar-refractivity contribution in [1.82, 2.24) is 14.3 Å². The van der Waals surface area contributed by atoms with Gasteiger partial charge in [-0.05, 0) is 83.0 Å². The number of aryl methyl sites for hydroxylation is 1. The number of benzene rings is 3. The van der Waals surface area contributed by atoms with Crippen LogP contribution in [0.1, 0.15) is 68.1 Å². The van der Waals surface area contributed by atoms with Gasteiger partial charge in [0.2, 0.25) is 15.9 Å². The molecule has 0 radical (unpaired) electrons. The average Bonchev–Trinajstić information content (AvgIpc) is 3.45. The molecule has 10 heteroatoms. The maximum Gasteiger partial charge on any atom is 0.241 e. The number of rotatable bonds is 9. The van der Waals surface area contributed by atoms with Gasteiger partial charge in [0.15, 0.2) is 0 Å². The molecule has 0 unspecified atom stereocenters. The summed E-state index contributed by atoms with van der Waals surface area (Å²) in [4.78, 5) is 19.9. The molecular formula is C32H34F2N4O3S. The summed E-state index contributed by atoms with van der Waals surface area (Å²) in [5.74, 6) is -0.468. The van der Waals surface area contributed by atoms with Crippen molar-refractivity contribution in [2.45, 2.75) is 62.4 Å². The lowest BCUT2D eigenvalue weighted by Gasteiger charge is -2.26. The van der Waals surface area contributed by atoms with E-state index >= 15 is 0 Å². The van der Waals surface area contributed by atoms with Crippen LogP contribution in [0.3, 0.4) is 0 Å². The summed E-state index contributed by atoms with van der Waals surface area (Å²) in [5.41, 5.74) is 2.93. The first-order valence-electron chi connectivity index (χ1n) is 13.8. The van der Waals surface area contributed by atoms with Crippen molar-refractivity contribution in [2.24, 2.45) is 7.05 Å². The van der Waals surface area contributed by atoms with E-state index in [4.69, 9.17) is 0 Å². The first-order chi connectivity index (χ1) is 19.8. The van der Waals surface area contributed by atoms with Gasteiger partial charge in [0.05, 0.1) is 11.4 Å². The van der Waals surface area contributed by atoms with E-state index in [0.29, 0.717) is 17.9 Å². The van der Waals surface area contributed by atoms with E-state index < -0.39 is 21.9 Å². The Morgan fingerprint density at radius 2 is 1.71 bits per heavy atom. The van der Waals surface area contributed by atoms with Crippen molar-refractivity contribution < 1.29 is 22.0 Å². The van der Waals surface area contributed by atoms with Crippen molar-refractivity contribution in [1.29, 1.82) is 0 Å². The fraction of sp³-hybridized carbons (Fsp3) is 0.312. The number of hydrogen-bond donors (Lipinski definition) is 1. The van der Waals surface area contributed by atoms with E-state index in [1.54, 1.807) is 23.2 Å². The molecule has 5 rings (SSSR count). The molecule has 0 spiro atoms. The third kappa shape index (κ3) is 6.15. The highest BCUT2D eigenvalue weighted by atomic mass is 32.2. The molecule has 1 aliphatic rings. The zero-order valence-electron chi connectivity index (χ0n) is 24.0. The topological polar surface area (TPSA) is 84.3 Å². The maximum absolute atomic E-state index is 13.9. The van der Waals surface area contributed by atoms with Crippen LogP contribution < -0.4 is 9.62 Å². The van der Waals surface area contributed by atoms with Crippen molar-refractivity contribution in [3.8, 4) is 0 Å². The monoisotopic (exact) mass is 592 g/mol. The van der Waals surface area contributed by atoms with Crippen molar-refractivity contribution in [3.05, 3.63) is 113 Å². The zero-order valence-corrected chi connectivity index (χ0v) is 24.8. The molecule has 1 aromatic heterocycles. The molecule has 0 saturated heterocycles. The minimum atomic E-state index is -3.94. The Morgan fingerprint density at radius 1 is 1.07 bits per heavy atom. The number of fused-ring (bicyclic) bond motifs is 1. The molecule has 2 atom stereocenters. The molecular weight excluding hydrogens is 558 g/mol. The molecule has 1 heterocycles. The van der Waals surface area contributed by atoms with Gasteiger partial charge in [-0.1, -0.05) is 39.0 Å². The number of hydrogen-bond acceptors (Lipinski definition) is 4. The molecule has 0 bridgehead atoms. The lowest BCUT2D eigenvalue weighted by atomic mass is 9.86. The highest BCUT2D eigenvalue weighted by molar-refractivity contribution is 7.89. The summed E-state index contributed by atoms with van der Waals surface area (Å²) in [6.07, 6.45) is 4.18. The number of anilines is 1. The van der Waals surface area contributed by atoms with Crippen LogP contribution in [0.2, 0.25) is 0 Å². The third-order valence-corrected chi connectivity index (χ3v) is 9.52. The molecule has 7 nitrogen and oxygen atoms in total. The number of amides is 1. The smallest absolute Gasteiger partial charge is 0.241 e. The first kappa shape index (κ1) is 29.6. The standard InChI is InChI=1S/C32H34F2N4O3S/c1-21(22-5-7-23(33)8-6-22)17-31(39)38(20-30-35-15-16-37(30)4)25-11-14-28-27(18-25)29(19-32(28,2)3)36-42(40,41)26-12-9-24(34)10-13-26/h5-16,18,21,29,36H,17,19-20H2,1-4H3/t21-,29+/m1/s1. The van der Waals surface area contributed by atoms with Gasteiger partial charge < -0.3 is 9.47 Å². The highest BCUT2D eigenvalue weighted by Crippen LogP contribution is 2.46. The third-order valence-electron chi connectivity index (χ3n) is 8.03. The number of nitrogens with zero attached hydrogens (tertiary/aromatic N) is 3. The van der Waals surface area contributed by atoms with Gasteiger partial charge in [-0.3, -0.25) is 4.79 Å². The Morgan fingerprint density at radius 3 is 2.33 bits per heavy atom. The lowest BCUT2D eigenvalue weighted by Crippen LogP contribution is -2.32. The summed E-state index contributed by atoms with van der Waals surface area (Å²) in [7, 11) is -2.08. The van der Waals surface area contributed by atoms with Gasteiger partial charge in [0, 0.05) is 37.6 Å². The second kappa shape index (κ2) is 11.4. The van der Waals surface area contributed by atoms with Crippen LogP contribution in [0, 0.1) is 11.6 Å². The summed E-state index contributed by atoms with van der Waals surface area (Å²) in [6.45, 7) is 6.25. The Balaban J connectivity index is 1.48. The Kier molecular flexibility index (Phi) is 8.04. The van der Waals surface area contributed by atoms with Gasteiger partial charge in [-0.2, -0.15) is 0 Å². The van der Waals surface area contributed by atoms with Crippen molar-refractivity contribution in [3.63, 3.8) is 0 Å². The highest BCUT2D eigenvalue weighted by Gasteiger charge is 2.39. The van der Waals surface area contributed by atoms with Crippen molar-refractivity contribution >= 4 is 21.6 Å². The van der Waals surface area contributed by atoms with Gasteiger partial charge in [0.1, 0.15) is 17.5 Å². The number of imidazole rings is 1. The molecule has 42 heavy (non-hydrogen) atoms. The Labute approximate surface area is 245 Å². The quantitative estimate of drug-likeness (QED) is 0.254. The van der Waals surface area contributed by atoms with Crippen LogP contribution >= 0.6 is 0 Å². The Bertz CT molecular complexity index is 1700. The fourth-order valence-electron chi connectivity index (χ4n) is 5.62. The average molecular weight is 593 g/mol. The summed E-state index contributed by atoms with van der Waals surface area (Å²) < 4.78 is 58.1. The minimum absolute atomic E-state index is 0.0207. The molecule has 1 N–H and O–H groups in total. The van der Waals surface area contributed by atoms with E-state index in [9.17, 15) is 22.0 Å². The minimum Gasteiger partial charge on any atom is -0.337 e. The zero-order chi connectivity index (χ0) is 30.2. The van der Waals surface area contributed by atoms with Crippen molar-refractivity contribution in [2.75, 3.05) is 4.90 Å². The van der Waals surface area contributed by atoms with Gasteiger partial charge in [-0.25, -0.2) is 26.9 Å². The summed E-state index contributed by atoms with van der Waals surface area (Å²) in [6, 6.07) is 16.0. The van der Waals surface area contributed by atoms with Gasteiger partial charge in [0.25, 0.3) is 0 Å². The number of sulfonamides is 1. The molecule has 3 aromatic carbocycles. The molecule has 220 valence electrons. The van der Waals surface area contributed by atoms with Crippen LogP contribution in [0.25, 0.3) is 0 Å². The number of nitrogens with one attached hydrogen (secondary N) is 1. The Hall–Kier alpha value is -3.89. The van der Waals surface area contributed by atoms with E-state index in [1.165, 1.54) is 24.3 Å². The van der Waals surface area contributed by atoms with E-state index in [0.717, 1.165) is 28.8 Å². The van der Waals surface area contributed by atoms with Crippen LogP contribution in [0.15, 0.2) is 84.0 Å². The SMILES string of the molecule is C[C@H](CC(=O)N(Cc1nccn1C)c1ccc2c(c1)[C@@H](NS(=O)(=O)c1ccc(F)cc1)CC2(C)C)c1ccc(F)cc1. The second-order valence-corrected chi connectivity index (χ2v) is 13.3. The molecule has 1 amide bonds. The van der Waals surface area contributed by atoms with E-state index in [-0.39, 0.29) is 40.9 Å². The largest absolute Gasteiger partial charge is 0.337 e. The van der Waals surface area contributed by atoms with Crippen LogP contribution in [-0.2, 0) is 33.8 Å². The number of halogens is 2. The molecule has 0 aliphatic heterocycles. The van der Waals surface area contributed by atoms with Gasteiger partial charge in [-0.15, -0.1) is 0 Å². The van der Waals surface area contributed by atoms with Crippen LogP contribution in [0.5, 0.6) is 0 Å². The molecule has 4 aromatic rings. The molecule has 1 aliphatic carbocycles. The van der Waals surface area contributed by atoms with E-state index in [1.807, 2.05) is 42.9 Å².